The molecular weight excluding hydrogens is 476 g/mol. The first-order valence-corrected chi connectivity index (χ1v) is 13.4. The molecule has 9 nitrogen and oxygen atoms in total. The molecule has 0 radical (unpaired) electrons. The Morgan fingerprint density at radius 3 is 2.55 bits per heavy atom. The van der Waals surface area contributed by atoms with Crippen molar-refractivity contribution in [3.05, 3.63) is 66.1 Å². The first kappa shape index (κ1) is 24.3. The molecule has 1 aromatic carbocycles. The van der Waals surface area contributed by atoms with Crippen LogP contribution in [-0.2, 0) is 0 Å². The van der Waals surface area contributed by atoms with E-state index < -0.39 is 5.91 Å². The lowest BCUT2D eigenvalue weighted by Crippen LogP contribution is -2.56. The SMILES string of the molecule is N#Cc1cnc(N2C[C@@H]3C[C@H](N[C@@H]4CCCC[C@H]4Nc4cc(-c5cccc(C(N)=O)c5)ccn4)[C@H]2C3)nc1. The smallest absolute Gasteiger partial charge is 0.248 e. The van der Waals surface area contributed by atoms with E-state index in [-0.39, 0.29) is 6.04 Å². The normalized spacial score (nSPS) is 26.2. The molecule has 2 bridgehead atoms. The standard InChI is InChI=1S/C29H32N8O/c30-14-19-15-33-29(34-16-19)37-17-18-10-25(26(37)11-18)35-23-6-1-2-7-24(23)36-27-13-21(8-9-32-27)20-4-3-5-22(12-20)28(31)38/h3-5,8-9,12-13,15-16,18,23-26,35H,1-2,6-7,10-11,17H2,(H2,31,38)(H,32,36)/t18-,23-,24-,25+,26-/m1/s1. The van der Waals surface area contributed by atoms with E-state index in [1.165, 1.54) is 19.3 Å². The minimum Gasteiger partial charge on any atom is -0.366 e. The molecule has 9 heteroatoms. The third-order valence-corrected chi connectivity index (χ3v) is 8.27. The van der Waals surface area contributed by atoms with Crippen molar-refractivity contribution in [3.63, 3.8) is 0 Å². The molecule has 4 N–H and O–H groups in total. The quantitative estimate of drug-likeness (QED) is 0.442. The zero-order valence-electron chi connectivity index (χ0n) is 21.3. The molecule has 2 aromatic heterocycles. The van der Waals surface area contributed by atoms with Crippen LogP contribution in [0.25, 0.3) is 11.1 Å². The predicted molar refractivity (Wildman–Crippen MR) is 145 cm³/mol. The molecule has 1 aliphatic heterocycles. The van der Waals surface area contributed by atoms with Gasteiger partial charge in [0.2, 0.25) is 11.9 Å². The van der Waals surface area contributed by atoms with E-state index in [4.69, 9.17) is 11.0 Å². The zero-order valence-corrected chi connectivity index (χ0v) is 21.3. The second-order valence-electron chi connectivity index (χ2n) is 10.7. The zero-order chi connectivity index (χ0) is 26.1. The van der Waals surface area contributed by atoms with Gasteiger partial charge >= 0.3 is 0 Å². The molecule has 6 rings (SSSR count). The molecule has 194 valence electrons. The molecule has 2 saturated carbocycles. The molecule has 1 saturated heterocycles. The maximum atomic E-state index is 11.6. The fourth-order valence-corrected chi connectivity index (χ4v) is 6.47. The summed E-state index contributed by atoms with van der Waals surface area (Å²) >= 11 is 0. The summed E-state index contributed by atoms with van der Waals surface area (Å²) in [4.78, 5) is 27.5. The summed E-state index contributed by atoms with van der Waals surface area (Å²) in [7, 11) is 0. The van der Waals surface area contributed by atoms with Crippen LogP contribution in [0.5, 0.6) is 0 Å². The Kier molecular flexibility index (Phi) is 6.64. The first-order valence-electron chi connectivity index (χ1n) is 13.4. The Morgan fingerprint density at radius 1 is 1.00 bits per heavy atom. The number of nitrogens with zero attached hydrogens (tertiary/aromatic N) is 5. The lowest BCUT2D eigenvalue weighted by Gasteiger charge is -2.40. The highest BCUT2D eigenvalue weighted by atomic mass is 16.1. The van der Waals surface area contributed by atoms with Crippen molar-refractivity contribution in [2.45, 2.75) is 62.7 Å². The number of aromatic nitrogens is 3. The number of carbonyl (C=O) groups is 1. The van der Waals surface area contributed by atoms with Crippen molar-refractivity contribution < 1.29 is 4.79 Å². The van der Waals surface area contributed by atoms with Crippen LogP contribution < -0.4 is 21.3 Å². The number of amides is 1. The van der Waals surface area contributed by atoms with E-state index in [9.17, 15) is 4.79 Å². The van der Waals surface area contributed by atoms with Gasteiger partial charge in [0.05, 0.1) is 18.0 Å². The highest BCUT2D eigenvalue weighted by molar-refractivity contribution is 5.94. The lowest BCUT2D eigenvalue weighted by molar-refractivity contribution is 0.100. The Bertz CT molecular complexity index is 1350. The molecule has 3 heterocycles. The van der Waals surface area contributed by atoms with Crippen molar-refractivity contribution in [1.29, 1.82) is 5.26 Å². The summed E-state index contributed by atoms with van der Waals surface area (Å²) in [5.41, 5.74) is 8.40. The van der Waals surface area contributed by atoms with Crippen molar-refractivity contribution in [2.75, 3.05) is 16.8 Å². The minimum atomic E-state index is -0.430. The molecule has 0 unspecified atom stereocenters. The summed E-state index contributed by atoms with van der Waals surface area (Å²) in [6.07, 6.45) is 12.0. The molecule has 5 atom stereocenters. The molecular formula is C29H32N8O. The molecule has 0 spiro atoms. The van der Waals surface area contributed by atoms with E-state index in [0.717, 1.165) is 48.7 Å². The van der Waals surface area contributed by atoms with Gasteiger partial charge in [-0.1, -0.05) is 25.0 Å². The Hall–Kier alpha value is -4.03. The van der Waals surface area contributed by atoms with Gasteiger partial charge in [0.1, 0.15) is 11.9 Å². The fraction of sp³-hybridized carbons (Fsp3) is 0.414. The minimum absolute atomic E-state index is 0.280. The van der Waals surface area contributed by atoms with Gasteiger partial charge in [-0.2, -0.15) is 5.26 Å². The van der Waals surface area contributed by atoms with Gasteiger partial charge in [-0.05, 0) is 67.0 Å². The van der Waals surface area contributed by atoms with Crippen molar-refractivity contribution >= 4 is 17.7 Å². The highest BCUT2D eigenvalue weighted by Crippen LogP contribution is 2.40. The summed E-state index contributed by atoms with van der Waals surface area (Å²) in [5.74, 6) is 1.77. The topological polar surface area (TPSA) is 133 Å². The van der Waals surface area contributed by atoms with Gasteiger partial charge in [-0.15, -0.1) is 0 Å². The summed E-state index contributed by atoms with van der Waals surface area (Å²) in [6, 6.07) is 14.9. The van der Waals surface area contributed by atoms with E-state index in [0.29, 0.717) is 35.2 Å². The number of anilines is 2. The summed E-state index contributed by atoms with van der Waals surface area (Å²) in [6.45, 7) is 0.981. The van der Waals surface area contributed by atoms with E-state index in [2.05, 4.69) is 36.6 Å². The lowest BCUT2D eigenvalue weighted by atomic mass is 9.89. The molecule has 3 aromatic rings. The number of hydrogen-bond acceptors (Lipinski definition) is 8. The van der Waals surface area contributed by atoms with Crippen molar-refractivity contribution in [2.24, 2.45) is 11.7 Å². The molecule has 1 amide bonds. The number of nitriles is 1. The molecule has 2 aliphatic carbocycles. The van der Waals surface area contributed by atoms with Crippen LogP contribution >= 0.6 is 0 Å². The monoisotopic (exact) mass is 508 g/mol. The third kappa shape index (κ3) is 4.92. The van der Waals surface area contributed by atoms with Crippen molar-refractivity contribution in [1.82, 2.24) is 20.3 Å². The van der Waals surface area contributed by atoms with E-state index >= 15 is 0 Å². The number of carbonyl (C=O) groups excluding carboxylic acids is 1. The van der Waals surface area contributed by atoms with Gasteiger partial charge in [0.25, 0.3) is 0 Å². The summed E-state index contributed by atoms with van der Waals surface area (Å²) in [5, 5.41) is 16.8. The predicted octanol–water partition coefficient (Wildman–Crippen LogP) is 3.49. The maximum Gasteiger partial charge on any atom is 0.248 e. The number of nitrogens with two attached hydrogens (primary N) is 1. The number of nitrogens with one attached hydrogen (secondary N) is 2. The number of primary amides is 1. The molecule has 38 heavy (non-hydrogen) atoms. The van der Waals surface area contributed by atoms with E-state index in [1.54, 1.807) is 18.5 Å². The number of piperidine rings is 1. The first-order chi connectivity index (χ1) is 18.6. The van der Waals surface area contributed by atoms with Gasteiger partial charge < -0.3 is 21.3 Å². The number of rotatable bonds is 7. The number of pyridine rings is 1. The second-order valence-corrected chi connectivity index (χ2v) is 10.7. The van der Waals surface area contributed by atoms with Crippen LogP contribution in [0, 0.1) is 17.2 Å². The average molecular weight is 509 g/mol. The Labute approximate surface area is 222 Å². The van der Waals surface area contributed by atoms with Crippen LogP contribution in [0.15, 0.2) is 55.0 Å². The van der Waals surface area contributed by atoms with Gasteiger partial charge in [0, 0.05) is 42.5 Å². The van der Waals surface area contributed by atoms with Gasteiger partial charge in [0.15, 0.2) is 0 Å². The van der Waals surface area contributed by atoms with E-state index in [1.807, 2.05) is 36.5 Å². The summed E-state index contributed by atoms with van der Waals surface area (Å²) < 4.78 is 0. The Balaban J connectivity index is 1.15. The Morgan fingerprint density at radius 2 is 1.79 bits per heavy atom. The van der Waals surface area contributed by atoms with Crippen LogP contribution in [0.3, 0.4) is 0 Å². The van der Waals surface area contributed by atoms with Gasteiger partial charge in [-0.25, -0.2) is 15.0 Å². The van der Waals surface area contributed by atoms with Crippen LogP contribution in [0.4, 0.5) is 11.8 Å². The van der Waals surface area contributed by atoms with Crippen LogP contribution in [0.2, 0.25) is 0 Å². The molecule has 3 fully saturated rings. The highest BCUT2D eigenvalue weighted by Gasteiger charge is 2.47. The molecule has 3 aliphatic rings. The number of fused-ring (bicyclic) bond motifs is 2. The maximum absolute atomic E-state index is 11.6. The largest absolute Gasteiger partial charge is 0.366 e. The second kappa shape index (κ2) is 10.4. The van der Waals surface area contributed by atoms with Crippen LogP contribution in [-0.4, -0.2) is 51.6 Å². The van der Waals surface area contributed by atoms with Crippen LogP contribution in [0.1, 0.15) is 54.4 Å². The van der Waals surface area contributed by atoms with Gasteiger partial charge in [-0.3, -0.25) is 4.79 Å². The fourth-order valence-electron chi connectivity index (χ4n) is 6.47. The third-order valence-electron chi connectivity index (χ3n) is 8.27. The average Bonchev–Trinajstić information content (AvgIpc) is 3.55. The van der Waals surface area contributed by atoms with Crippen molar-refractivity contribution in [3.8, 4) is 17.2 Å². The number of benzene rings is 1. The number of hydrogen-bond donors (Lipinski definition) is 3.